The summed E-state index contributed by atoms with van der Waals surface area (Å²) in [5, 5.41) is 0. The molecule has 6 heteroatoms. The van der Waals surface area contributed by atoms with Crippen molar-refractivity contribution in [2.75, 3.05) is 21.3 Å². The van der Waals surface area contributed by atoms with Crippen LogP contribution in [-0.4, -0.2) is 80.4 Å². The summed E-state index contributed by atoms with van der Waals surface area (Å²) >= 11 is 4.49. The molecule has 102 valence electrons. The van der Waals surface area contributed by atoms with Crippen LogP contribution in [0.1, 0.15) is 0 Å². The van der Waals surface area contributed by atoms with E-state index in [1.54, 1.807) is 21.3 Å². The van der Waals surface area contributed by atoms with E-state index >= 15 is 0 Å². The van der Waals surface area contributed by atoms with Gasteiger partial charge in [-0.1, -0.05) is 18.2 Å². The third-order valence-corrected chi connectivity index (χ3v) is 3.28. The van der Waals surface area contributed by atoms with Crippen molar-refractivity contribution in [1.82, 2.24) is 0 Å². The van der Waals surface area contributed by atoms with Gasteiger partial charge < -0.3 is 14.2 Å². The number of benzene rings is 2. The molecule has 3 nitrogen and oxygen atoms in total. The summed E-state index contributed by atoms with van der Waals surface area (Å²) in [6.45, 7) is 0. The normalized spacial score (nSPS) is 9.14. The van der Waals surface area contributed by atoms with E-state index in [9.17, 15) is 0 Å². The van der Waals surface area contributed by atoms with Crippen molar-refractivity contribution in [3.63, 3.8) is 0 Å². The molecule has 0 aliphatic carbocycles. The van der Waals surface area contributed by atoms with Gasteiger partial charge in [0, 0.05) is 81.7 Å². The van der Waals surface area contributed by atoms with Gasteiger partial charge in [0.15, 0.2) is 0 Å². The number of methoxy groups -OCH3 is 3. The first kappa shape index (κ1) is 21.2. The minimum absolute atomic E-state index is 0. The maximum absolute atomic E-state index is 5.45. The zero-order chi connectivity index (χ0) is 13.8. The molecule has 0 spiro atoms. The topological polar surface area (TPSA) is 27.7 Å². The Bertz CT molecular complexity index is 566. The fraction of sp³-hybridized carbons (Fsp3) is 0.200. The van der Waals surface area contributed by atoms with E-state index in [0.717, 1.165) is 16.0 Å². The smallest absolute Gasteiger partial charge is 0.134 e. The minimum Gasteiger partial charge on any atom is -0.496 e. The van der Waals surface area contributed by atoms with Crippen LogP contribution in [0, 0.1) is 0 Å². The van der Waals surface area contributed by atoms with Crippen molar-refractivity contribution in [2.45, 2.75) is 4.90 Å². The Labute approximate surface area is 175 Å². The van der Waals surface area contributed by atoms with Crippen LogP contribution >= 0.6 is 12.6 Å². The Morgan fingerprint density at radius 3 is 1.76 bits per heavy atom. The first-order valence-electron chi connectivity index (χ1n) is 5.79. The molecule has 0 aliphatic rings. The van der Waals surface area contributed by atoms with E-state index in [-0.39, 0.29) is 59.1 Å². The minimum atomic E-state index is 0. The van der Waals surface area contributed by atoms with E-state index in [0.29, 0.717) is 17.2 Å². The fourth-order valence-corrected chi connectivity index (χ4v) is 2.23. The molecule has 2 radical (unpaired) electrons. The molecule has 0 bridgehead atoms. The third kappa shape index (κ3) is 4.83. The summed E-state index contributed by atoms with van der Waals surface area (Å²) < 4.78 is 16.1. The van der Waals surface area contributed by atoms with Crippen LogP contribution in [0.15, 0.2) is 41.3 Å². The second-order valence-electron chi connectivity index (χ2n) is 3.92. The van der Waals surface area contributed by atoms with Gasteiger partial charge in [0.25, 0.3) is 0 Å². The van der Waals surface area contributed by atoms with Crippen molar-refractivity contribution in [3.8, 4) is 28.4 Å². The molecule has 0 heterocycles. The quantitative estimate of drug-likeness (QED) is 0.693. The van der Waals surface area contributed by atoms with E-state index < -0.39 is 0 Å². The van der Waals surface area contributed by atoms with Crippen molar-refractivity contribution in [1.29, 1.82) is 0 Å². The van der Waals surface area contributed by atoms with Crippen LogP contribution in [0.3, 0.4) is 0 Å². The van der Waals surface area contributed by atoms with Gasteiger partial charge >= 0.3 is 0 Å². The van der Waals surface area contributed by atoms with Crippen molar-refractivity contribution in [3.05, 3.63) is 36.4 Å². The molecule has 0 atom stereocenters. The Hall–Kier alpha value is 0.190. The summed E-state index contributed by atoms with van der Waals surface area (Å²) in [6.07, 6.45) is 0. The van der Waals surface area contributed by atoms with Gasteiger partial charge in [0.2, 0.25) is 0 Å². The molecule has 0 fully saturated rings. The summed E-state index contributed by atoms with van der Waals surface area (Å²) in [6, 6.07) is 11.5. The zero-order valence-electron chi connectivity index (χ0n) is 13.1. The van der Waals surface area contributed by atoms with Crippen LogP contribution in [-0.2, 0) is 0 Å². The second-order valence-corrected chi connectivity index (χ2v) is 4.41. The average Bonchev–Trinajstić information content (AvgIpc) is 2.46. The maximum Gasteiger partial charge on any atom is 0.134 e. The van der Waals surface area contributed by atoms with Gasteiger partial charge in [-0.3, -0.25) is 0 Å². The van der Waals surface area contributed by atoms with Crippen molar-refractivity contribution < 1.29 is 14.2 Å². The number of hydrogen-bond acceptors (Lipinski definition) is 4. The molecule has 0 unspecified atom stereocenters. The second kappa shape index (κ2) is 10.1. The molecule has 2 aromatic rings. The van der Waals surface area contributed by atoms with Crippen LogP contribution < -0.4 is 14.2 Å². The van der Waals surface area contributed by atoms with Gasteiger partial charge in [-0.2, -0.15) is 0 Å². The van der Waals surface area contributed by atoms with Gasteiger partial charge in [0.1, 0.15) is 17.2 Å². The van der Waals surface area contributed by atoms with Crippen LogP contribution in [0.5, 0.6) is 17.2 Å². The molecule has 0 saturated heterocycles. The van der Waals surface area contributed by atoms with Gasteiger partial charge in [0.05, 0.1) is 26.9 Å². The standard InChI is InChI=1S/C15H16O3S.2Na/c1-16-10-8-12(17-2)15(13(9-10)18-3)11-6-4-5-7-14(11)19;;/h4-9,19H,1-3H3;;. The van der Waals surface area contributed by atoms with Gasteiger partial charge in [-0.15, -0.1) is 12.6 Å². The molecule has 0 aromatic heterocycles. The van der Waals surface area contributed by atoms with Crippen LogP contribution in [0.25, 0.3) is 11.1 Å². The SMILES string of the molecule is COc1cc(OC)c(-c2ccccc2S)c(OC)c1.[Na].[Na]. The fourth-order valence-electron chi connectivity index (χ4n) is 1.96. The molecule has 2 aromatic carbocycles. The molecule has 2 rings (SSSR count). The predicted octanol–water partition coefficient (Wildman–Crippen LogP) is 2.91. The van der Waals surface area contributed by atoms with Crippen molar-refractivity contribution in [2.24, 2.45) is 0 Å². The predicted molar refractivity (Wildman–Crippen MR) is 90.3 cm³/mol. The third-order valence-electron chi connectivity index (χ3n) is 2.89. The Balaban J connectivity index is 0.00000200. The molecule has 0 amide bonds. The first-order valence-corrected chi connectivity index (χ1v) is 6.24. The van der Waals surface area contributed by atoms with Crippen LogP contribution in [0.4, 0.5) is 0 Å². The number of rotatable bonds is 4. The van der Waals surface area contributed by atoms with Gasteiger partial charge in [-0.05, 0) is 6.07 Å². The average molecular weight is 322 g/mol. The van der Waals surface area contributed by atoms with E-state index in [4.69, 9.17) is 14.2 Å². The molecule has 0 N–H and O–H groups in total. The van der Waals surface area contributed by atoms with E-state index in [2.05, 4.69) is 12.6 Å². The molecular weight excluding hydrogens is 306 g/mol. The first-order chi connectivity index (χ1) is 9.21. The monoisotopic (exact) mass is 322 g/mol. The van der Waals surface area contributed by atoms with E-state index in [1.165, 1.54) is 0 Å². The molecule has 0 aliphatic heterocycles. The largest absolute Gasteiger partial charge is 0.496 e. The molecular formula is C15H16Na2O3S. The Morgan fingerprint density at radius 2 is 1.33 bits per heavy atom. The molecule has 21 heavy (non-hydrogen) atoms. The van der Waals surface area contributed by atoms with E-state index in [1.807, 2.05) is 36.4 Å². The van der Waals surface area contributed by atoms with Crippen LogP contribution in [0.2, 0.25) is 0 Å². The summed E-state index contributed by atoms with van der Waals surface area (Å²) in [5.74, 6) is 2.07. The summed E-state index contributed by atoms with van der Waals surface area (Å²) in [4.78, 5) is 0.865. The Morgan fingerprint density at radius 1 is 0.810 bits per heavy atom. The van der Waals surface area contributed by atoms with Gasteiger partial charge in [-0.25, -0.2) is 0 Å². The number of thiol groups is 1. The van der Waals surface area contributed by atoms with Crippen molar-refractivity contribution >= 4 is 71.7 Å². The summed E-state index contributed by atoms with van der Waals surface area (Å²) in [5.41, 5.74) is 1.83. The summed E-state index contributed by atoms with van der Waals surface area (Å²) in [7, 11) is 4.86. The number of hydrogen-bond donors (Lipinski definition) is 1. The zero-order valence-corrected chi connectivity index (χ0v) is 18.0. The molecule has 0 saturated carbocycles. The Kier molecular flexibility index (Phi) is 10.1. The number of ether oxygens (including phenoxy) is 3. The maximum atomic E-state index is 5.45.